The quantitative estimate of drug-likeness (QED) is 0.787. The standard InChI is InChI=1S/C18H20FN5/c1-12-11-16-17(20-12)21-13(2)22-18(16)24-9-7-23(8-10-24)15-5-3-14(19)4-6-15/h3-6,11H,7-10H2,1-2H3,(H,20,21,22). The second-order valence-corrected chi connectivity index (χ2v) is 6.26. The molecular weight excluding hydrogens is 305 g/mol. The van der Waals surface area contributed by atoms with Crippen LogP contribution < -0.4 is 9.80 Å². The first kappa shape index (κ1) is 14.9. The zero-order chi connectivity index (χ0) is 16.7. The molecule has 0 saturated carbocycles. The normalized spacial score (nSPS) is 15.3. The van der Waals surface area contributed by atoms with E-state index in [0.717, 1.165) is 60.2 Å². The fourth-order valence-corrected chi connectivity index (χ4v) is 3.30. The van der Waals surface area contributed by atoms with Gasteiger partial charge in [0.15, 0.2) is 0 Å². The molecule has 24 heavy (non-hydrogen) atoms. The van der Waals surface area contributed by atoms with Gasteiger partial charge in [-0.05, 0) is 44.2 Å². The SMILES string of the molecule is Cc1nc(N2CCN(c3ccc(F)cc3)CC2)c2cc(C)[nH]c2n1. The summed E-state index contributed by atoms with van der Waals surface area (Å²) < 4.78 is 13.1. The predicted molar refractivity (Wildman–Crippen MR) is 94.2 cm³/mol. The van der Waals surface area contributed by atoms with E-state index in [0.29, 0.717) is 0 Å². The van der Waals surface area contributed by atoms with Gasteiger partial charge in [0, 0.05) is 37.6 Å². The maximum Gasteiger partial charge on any atom is 0.143 e. The molecule has 1 fully saturated rings. The third-order valence-electron chi connectivity index (χ3n) is 4.48. The molecule has 1 aromatic carbocycles. The Morgan fingerprint density at radius 1 is 0.958 bits per heavy atom. The lowest BCUT2D eigenvalue weighted by molar-refractivity contribution is 0.624. The Morgan fingerprint density at radius 2 is 1.62 bits per heavy atom. The predicted octanol–water partition coefficient (Wildman–Crippen LogP) is 3.04. The highest BCUT2D eigenvalue weighted by atomic mass is 19.1. The molecule has 1 saturated heterocycles. The van der Waals surface area contributed by atoms with Crippen molar-refractivity contribution in [1.82, 2.24) is 15.0 Å². The number of benzene rings is 1. The molecule has 0 aliphatic carbocycles. The van der Waals surface area contributed by atoms with Crippen molar-refractivity contribution in [2.75, 3.05) is 36.0 Å². The summed E-state index contributed by atoms with van der Waals surface area (Å²) >= 11 is 0. The van der Waals surface area contributed by atoms with Gasteiger partial charge in [0.2, 0.25) is 0 Å². The first-order valence-electron chi connectivity index (χ1n) is 8.19. The number of H-pyrrole nitrogens is 1. The molecule has 6 heteroatoms. The highest BCUT2D eigenvalue weighted by molar-refractivity contribution is 5.88. The van der Waals surface area contributed by atoms with Crippen LogP contribution in [0.25, 0.3) is 11.0 Å². The van der Waals surface area contributed by atoms with Gasteiger partial charge in [0.05, 0.1) is 5.39 Å². The second-order valence-electron chi connectivity index (χ2n) is 6.26. The number of halogens is 1. The summed E-state index contributed by atoms with van der Waals surface area (Å²) in [6.45, 7) is 7.50. The zero-order valence-corrected chi connectivity index (χ0v) is 13.9. The van der Waals surface area contributed by atoms with Crippen LogP contribution in [0.4, 0.5) is 15.9 Å². The number of nitrogens with one attached hydrogen (secondary N) is 1. The number of nitrogens with zero attached hydrogens (tertiary/aromatic N) is 4. The molecule has 0 spiro atoms. The number of hydrogen-bond acceptors (Lipinski definition) is 4. The van der Waals surface area contributed by atoms with E-state index in [1.54, 1.807) is 0 Å². The number of aromatic amines is 1. The summed E-state index contributed by atoms with van der Waals surface area (Å²) in [5.41, 5.74) is 3.06. The van der Waals surface area contributed by atoms with Gasteiger partial charge in [-0.1, -0.05) is 0 Å². The molecule has 0 unspecified atom stereocenters. The molecule has 4 rings (SSSR count). The van der Waals surface area contributed by atoms with Crippen LogP contribution in [0.15, 0.2) is 30.3 Å². The number of hydrogen-bond donors (Lipinski definition) is 1. The second kappa shape index (κ2) is 5.78. The fourth-order valence-electron chi connectivity index (χ4n) is 3.30. The van der Waals surface area contributed by atoms with Crippen molar-refractivity contribution < 1.29 is 4.39 Å². The average molecular weight is 325 g/mol. The van der Waals surface area contributed by atoms with E-state index in [1.807, 2.05) is 26.0 Å². The molecule has 0 bridgehead atoms. The zero-order valence-electron chi connectivity index (χ0n) is 13.9. The Labute approximate surface area is 140 Å². The first-order valence-corrected chi connectivity index (χ1v) is 8.19. The molecule has 1 aliphatic heterocycles. The molecule has 0 atom stereocenters. The van der Waals surface area contributed by atoms with Gasteiger partial charge in [-0.3, -0.25) is 0 Å². The van der Waals surface area contributed by atoms with Crippen LogP contribution in [0.2, 0.25) is 0 Å². The molecule has 124 valence electrons. The number of anilines is 2. The topological polar surface area (TPSA) is 48.1 Å². The molecule has 3 aromatic rings. The van der Waals surface area contributed by atoms with Gasteiger partial charge < -0.3 is 14.8 Å². The van der Waals surface area contributed by atoms with Crippen molar-refractivity contribution in [2.45, 2.75) is 13.8 Å². The lowest BCUT2D eigenvalue weighted by Crippen LogP contribution is -2.47. The smallest absolute Gasteiger partial charge is 0.143 e. The van der Waals surface area contributed by atoms with Crippen molar-refractivity contribution in [3.05, 3.63) is 47.7 Å². The minimum atomic E-state index is -0.195. The van der Waals surface area contributed by atoms with E-state index in [2.05, 4.69) is 30.8 Å². The number of piperazine rings is 1. The highest BCUT2D eigenvalue weighted by Crippen LogP contribution is 2.26. The largest absolute Gasteiger partial charge is 0.368 e. The average Bonchev–Trinajstić information content (AvgIpc) is 2.95. The summed E-state index contributed by atoms with van der Waals surface area (Å²) in [4.78, 5) is 17.0. The van der Waals surface area contributed by atoms with E-state index in [1.165, 1.54) is 12.1 Å². The Balaban J connectivity index is 1.57. The summed E-state index contributed by atoms with van der Waals surface area (Å²) in [5.74, 6) is 1.58. The van der Waals surface area contributed by atoms with Crippen LogP contribution in [0.1, 0.15) is 11.5 Å². The molecule has 1 aliphatic rings. The lowest BCUT2D eigenvalue weighted by Gasteiger charge is -2.37. The molecule has 0 radical (unpaired) electrons. The van der Waals surface area contributed by atoms with Crippen molar-refractivity contribution in [3.63, 3.8) is 0 Å². The van der Waals surface area contributed by atoms with Crippen LogP contribution in [0, 0.1) is 19.7 Å². The third kappa shape index (κ3) is 2.68. The van der Waals surface area contributed by atoms with Gasteiger partial charge in [0.1, 0.15) is 23.1 Å². The number of aryl methyl sites for hydroxylation is 2. The van der Waals surface area contributed by atoms with Gasteiger partial charge >= 0.3 is 0 Å². The Morgan fingerprint density at radius 3 is 2.33 bits per heavy atom. The van der Waals surface area contributed by atoms with Crippen molar-refractivity contribution in [3.8, 4) is 0 Å². The van der Waals surface area contributed by atoms with E-state index < -0.39 is 0 Å². The minimum absolute atomic E-state index is 0.195. The summed E-state index contributed by atoms with van der Waals surface area (Å²) in [6, 6.07) is 8.82. The monoisotopic (exact) mass is 325 g/mol. The number of rotatable bonds is 2. The molecule has 1 N–H and O–H groups in total. The maximum atomic E-state index is 13.1. The van der Waals surface area contributed by atoms with E-state index in [-0.39, 0.29) is 5.82 Å². The molecule has 0 amide bonds. The number of aromatic nitrogens is 3. The molecular formula is C18H20FN5. The highest BCUT2D eigenvalue weighted by Gasteiger charge is 2.21. The van der Waals surface area contributed by atoms with Gasteiger partial charge in [-0.25, -0.2) is 14.4 Å². The van der Waals surface area contributed by atoms with Crippen LogP contribution in [-0.2, 0) is 0 Å². The summed E-state index contributed by atoms with van der Waals surface area (Å²) in [7, 11) is 0. The third-order valence-corrected chi connectivity index (χ3v) is 4.48. The molecule has 2 aromatic heterocycles. The van der Waals surface area contributed by atoms with Crippen molar-refractivity contribution >= 4 is 22.5 Å². The molecule has 5 nitrogen and oxygen atoms in total. The van der Waals surface area contributed by atoms with Crippen LogP contribution >= 0.6 is 0 Å². The van der Waals surface area contributed by atoms with Crippen LogP contribution in [-0.4, -0.2) is 41.1 Å². The van der Waals surface area contributed by atoms with Crippen LogP contribution in [0.5, 0.6) is 0 Å². The van der Waals surface area contributed by atoms with E-state index >= 15 is 0 Å². The summed E-state index contributed by atoms with van der Waals surface area (Å²) in [5, 5.41) is 1.08. The number of fused-ring (bicyclic) bond motifs is 1. The van der Waals surface area contributed by atoms with Gasteiger partial charge in [-0.15, -0.1) is 0 Å². The Bertz CT molecular complexity index is 863. The van der Waals surface area contributed by atoms with Gasteiger partial charge in [0.25, 0.3) is 0 Å². The van der Waals surface area contributed by atoms with E-state index in [9.17, 15) is 4.39 Å². The minimum Gasteiger partial charge on any atom is -0.368 e. The van der Waals surface area contributed by atoms with Crippen LogP contribution in [0.3, 0.4) is 0 Å². The van der Waals surface area contributed by atoms with Gasteiger partial charge in [-0.2, -0.15) is 0 Å². The van der Waals surface area contributed by atoms with Crippen molar-refractivity contribution in [1.29, 1.82) is 0 Å². The van der Waals surface area contributed by atoms with E-state index in [4.69, 9.17) is 0 Å². The molecule has 3 heterocycles. The maximum absolute atomic E-state index is 13.1. The summed E-state index contributed by atoms with van der Waals surface area (Å²) in [6.07, 6.45) is 0. The van der Waals surface area contributed by atoms with Crippen molar-refractivity contribution in [2.24, 2.45) is 0 Å². The lowest BCUT2D eigenvalue weighted by atomic mass is 10.2. The Hall–Kier alpha value is -2.63. The fraction of sp³-hybridized carbons (Fsp3) is 0.333. The first-order chi connectivity index (χ1) is 11.6. The Kier molecular flexibility index (Phi) is 3.59.